The molecule has 0 radical (unpaired) electrons. The Balaban J connectivity index is 2.61. The van der Waals surface area contributed by atoms with Crippen LogP contribution in [0.15, 0.2) is 35.5 Å². The van der Waals surface area contributed by atoms with Gasteiger partial charge in [-0.3, -0.25) is 4.99 Å². The molecule has 132 valence electrons. The van der Waals surface area contributed by atoms with E-state index in [1.54, 1.807) is 0 Å². The van der Waals surface area contributed by atoms with E-state index in [1.165, 1.54) is 0 Å². The van der Waals surface area contributed by atoms with E-state index >= 15 is 0 Å². The topological polar surface area (TPSA) is 25.2 Å². The van der Waals surface area contributed by atoms with Gasteiger partial charge in [0, 0.05) is 12.6 Å². The van der Waals surface area contributed by atoms with E-state index in [0.717, 1.165) is 0 Å². The van der Waals surface area contributed by atoms with E-state index in [4.69, 9.17) is 0 Å². The zero-order chi connectivity index (χ0) is 18.4. The van der Waals surface area contributed by atoms with Crippen molar-refractivity contribution in [2.75, 3.05) is 0 Å². The summed E-state index contributed by atoms with van der Waals surface area (Å²) in [4.78, 5) is 5.77. The van der Waals surface area contributed by atoms with Crippen LogP contribution < -0.4 is 0 Å². The maximum atomic E-state index is 13.5. The number of nitrogens with zero attached hydrogens (tertiary/aromatic N) is 2. The molecule has 1 aromatic rings. The van der Waals surface area contributed by atoms with Gasteiger partial charge in [-0.05, 0) is 18.2 Å². The van der Waals surface area contributed by atoms with Crippen LogP contribution in [0, 0.1) is 0 Å². The van der Waals surface area contributed by atoms with Crippen LogP contribution >= 0.6 is 0 Å². The molecule has 1 aromatic heterocycles. The van der Waals surface area contributed by atoms with Crippen LogP contribution in [-0.4, -0.2) is 23.0 Å². The summed E-state index contributed by atoms with van der Waals surface area (Å²) in [6, 6.07) is 1.69. The van der Waals surface area contributed by atoms with Crippen LogP contribution in [0.2, 0.25) is 0 Å². The molecule has 2 rings (SSSR count). The summed E-state index contributed by atoms with van der Waals surface area (Å²) in [6.45, 7) is 0. The van der Waals surface area contributed by atoms with Gasteiger partial charge in [0.2, 0.25) is 0 Å². The molecule has 1 atom stereocenters. The lowest BCUT2D eigenvalue weighted by molar-refractivity contribution is -0.178. The minimum absolute atomic E-state index is 0.280. The number of hydrogen-bond donors (Lipinski definition) is 0. The maximum absolute atomic E-state index is 13.5. The highest BCUT2D eigenvalue weighted by Gasteiger charge is 2.59. The summed E-state index contributed by atoms with van der Waals surface area (Å²) >= 11 is 0. The van der Waals surface area contributed by atoms with Gasteiger partial charge in [-0.25, -0.2) is 4.98 Å². The average molecular weight is 362 g/mol. The third-order valence-electron chi connectivity index (χ3n) is 3.37. The van der Waals surface area contributed by atoms with E-state index in [-0.39, 0.29) is 12.3 Å². The maximum Gasteiger partial charge on any atom is 0.433 e. The first-order chi connectivity index (χ1) is 10.8. The lowest BCUT2D eigenvalue weighted by atomic mass is 9.76. The standard InChI is InChI=1S/C13H7F9N2/c14-11(15,16)8-3-1-2-7(24-8)10(13(20,21)22)4-5-23-9(6-10)12(17,18)19/h1-5H,6H2. The monoisotopic (exact) mass is 362 g/mol. The largest absolute Gasteiger partial charge is 0.433 e. The number of aliphatic imine (C=N–C) groups is 1. The molecule has 0 N–H and O–H groups in total. The molecule has 0 saturated heterocycles. The molecule has 2 nitrogen and oxygen atoms in total. The van der Waals surface area contributed by atoms with Gasteiger partial charge < -0.3 is 0 Å². The highest BCUT2D eigenvalue weighted by molar-refractivity contribution is 5.92. The molecular weight excluding hydrogens is 355 g/mol. The molecule has 1 unspecified atom stereocenters. The van der Waals surface area contributed by atoms with Crippen molar-refractivity contribution >= 4 is 5.71 Å². The van der Waals surface area contributed by atoms with E-state index in [2.05, 4.69) is 9.98 Å². The molecule has 0 amide bonds. The molecule has 0 aliphatic carbocycles. The Morgan fingerprint density at radius 1 is 0.875 bits per heavy atom. The van der Waals surface area contributed by atoms with Crippen LogP contribution in [0.1, 0.15) is 17.8 Å². The number of alkyl halides is 9. The second-order valence-corrected chi connectivity index (χ2v) is 4.94. The highest BCUT2D eigenvalue weighted by atomic mass is 19.4. The molecule has 0 bridgehead atoms. The predicted molar refractivity (Wildman–Crippen MR) is 64.2 cm³/mol. The van der Waals surface area contributed by atoms with E-state index in [0.29, 0.717) is 18.2 Å². The zero-order valence-corrected chi connectivity index (χ0v) is 11.4. The number of rotatable bonds is 1. The first-order valence-electron chi connectivity index (χ1n) is 6.20. The highest BCUT2D eigenvalue weighted by Crippen LogP contribution is 2.48. The van der Waals surface area contributed by atoms with Crippen LogP contribution in [0.4, 0.5) is 39.5 Å². The number of allylic oxidation sites excluding steroid dienone is 1. The molecule has 1 aliphatic heterocycles. The number of halogens is 9. The van der Waals surface area contributed by atoms with Crippen molar-refractivity contribution in [2.45, 2.75) is 30.4 Å². The van der Waals surface area contributed by atoms with Gasteiger partial charge in [-0.1, -0.05) is 6.07 Å². The average Bonchev–Trinajstić information content (AvgIpc) is 2.44. The molecule has 0 aromatic carbocycles. The lowest BCUT2D eigenvalue weighted by Gasteiger charge is -2.35. The summed E-state index contributed by atoms with van der Waals surface area (Å²) in [5.74, 6) is 0. The minimum Gasteiger partial charge on any atom is -0.256 e. The lowest BCUT2D eigenvalue weighted by Crippen LogP contribution is -2.46. The van der Waals surface area contributed by atoms with Gasteiger partial charge in [0.05, 0.1) is 5.69 Å². The summed E-state index contributed by atoms with van der Waals surface area (Å²) in [5.41, 5.74) is -7.91. The first-order valence-corrected chi connectivity index (χ1v) is 6.20. The molecule has 0 spiro atoms. The fourth-order valence-corrected chi connectivity index (χ4v) is 2.15. The Bertz CT molecular complexity index is 682. The predicted octanol–water partition coefficient (Wildman–Crippen LogP) is 4.82. The molecular formula is C13H7F9N2. The van der Waals surface area contributed by atoms with E-state index in [9.17, 15) is 39.5 Å². The minimum atomic E-state index is -5.31. The van der Waals surface area contributed by atoms with Gasteiger partial charge >= 0.3 is 18.5 Å². The summed E-state index contributed by atoms with van der Waals surface area (Å²) < 4.78 is 117. The van der Waals surface area contributed by atoms with Crippen molar-refractivity contribution in [1.82, 2.24) is 4.98 Å². The number of hydrogen-bond acceptors (Lipinski definition) is 2. The Morgan fingerprint density at radius 2 is 1.50 bits per heavy atom. The van der Waals surface area contributed by atoms with Crippen LogP contribution in [-0.2, 0) is 11.6 Å². The fourth-order valence-electron chi connectivity index (χ4n) is 2.15. The van der Waals surface area contributed by atoms with Crippen molar-refractivity contribution in [3.8, 4) is 0 Å². The first kappa shape index (κ1) is 18.3. The second kappa shape index (κ2) is 5.49. The smallest absolute Gasteiger partial charge is 0.256 e. The van der Waals surface area contributed by atoms with Gasteiger partial charge in [0.15, 0.2) is 0 Å². The Kier molecular flexibility index (Phi) is 4.18. The molecule has 11 heteroatoms. The third kappa shape index (κ3) is 3.24. The summed E-state index contributed by atoms with van der Waals surface area (Å²) in [5, 5.41) is 0. The molecule has 0 fully saturated rings. The Hall–Kier alpha value is -2.07. The van der Waals surface area contributed by atoms with Crippen molar-refractivity contribution in [1.29, 1.82) is 0 Å². The number of pyridine rings is 1. The molecule has 24 heavy (non-hydrogen) atoms. The SMILES string of the molecule is FC(F)(F)C1=NC=CC(c2cccc(C(F)(F)F)n2)(C(F)(F)F)C1. The van der Waals surface area contributed by atoms with Crippen molar-refractivity contribution < 1.29 is 39.5 Å². The van der Waals surface area contributed by atoms with Crippen LogP contribution in [0.5, 0.6) is 0 Å². The second-order valence-electron chi connectivity index (χ2n) is 4.94. The van der Waals surface area contributed by atoms with Crippen molar-refractivity contribution in [2.24, 2.45) is 4.99 Å². The van der Waals surface area contributed by atoms with E-state index in [1.807, 2.05) is 0 Å². The van der Waals surface area contributed by atoms with Gasteiger partial charge in [0.1, 0.15) is 16.8 Å². The fraction of sp³-hybridized carbons (Fsp3) is 0.385. The number of aromatic nitrogens is 1. The summed E-state index contributed by atoms with van der Waals surface area (Å²) in [7, 11) is 0. The quantitative estimate of drug-likeness (QED) is 0.658. The Labute approximate surface area is 128 Å². The molecule has 2 heterocycles. The van der Waals surface area contributed by atoms with E-state index < -0.39 is 47.5 Å². The zero-order valence-electron chi connectivity index (χ0n) is 11.4. The summed E-state index contributed by atoms with van der Waals surface area (Å²) in [6.07, 6.45) is -16.6. The molecule has 0 saturated carbocycles. The molecule has 1 aliphatic rings. The van der Waals surface area contributed by atoms with Crippen LogP contribution in [0.3, 0.4) is 0 Å². The van der Waals surface area contributed by atoms with Crippen LogP contribution in [0.25, 0.3) is 0 Å². The van der Waals surface area contributed by atoms with Crippen molar-refractivity contribution in [3.05, 3.63) is 41.9 Å². The normalized spacial score (nSPS) is 22.5. The third-order valence-corrected chi connectivity index (χ3v) is 3.37. The Morgan fingerprint density at radius 3 is 2.00 bits per heavy atom. The van der Waals surface area contributed by atoms with Gasteiger partial charge in [-0.15, -0.1) is 0 Å². The van der Waals surface area contributed by atoms with Gasteiger partial charge in [0.25, 0.3) is 0 Å². The van der Waals surface area contributed by atoms with Gasteiger partial charge in [-0.2, -0.15) is 39.5 Å². The van der Waals surface area contributed by atoms with Crippen molar-refractivity contribution in [3.63, 3.8) is 0 Å².